The van der Waals surface area contributed by atoms with Crippen LogP contribution < -0.4 is 5.32 Å². The Morgan fingerprint density at radius 2 is 0.682 bits per heavy atom. The monoisotopic (exact) mass is 910 g/mol. The highest BCUT2D eigenvalue weighted by atomic mass is 16.3. The van der Waals surface area contributed by atoms with Gasteiger partial charge in [-0.3, -0.25) is 4.79 Å². The minimum atomic E-state index is -0.881. The molecule has 0 bridgehead atoms. The first-order valence-electron chi connectivity index (χ1n) is 27.4. The van der Waals surface area contributed by atoms with Gasteiger partial charge >= 0.3 is 0 Å². The van der Waals surface area contributed by atoms with Crippen molar-refractivity contribution >= 4 is 5.91 Å². The summed E-state index contributed by atoms with van der Waals surface area (Å²) >= 11 is 0. The number of amides is 1. The predicted octanol–water partition coefficient (Wildman–Crippen LogP) is 18.2. The highest BCUT2D eigenvalue weighted by Gasteiger charge is 2.17. The molecule has 4 nitrogen and oxygen atoms in total. The SMILES string of the molecule is CC/C=C\C/C=C\C/C=C\C/C=C\C/C=C\C/C=C\C/C=C\C/C=C\CCCCCCCCCCCCC(=O)NC(CO)C(O)/C=C/CC/C=C/CC/C=C/CCCCCCCCCCC. The van der Waals surface area contributed by atoms with E-state index in [0.29, 0.717) is 6.42 Å². The lowest BCUT2D eigenvalue weighted by Crippen LogP contribution is -2.45. The molecule has 0 aromatic carbocycles. The topological polar surface area (TPSA) is 69.6 Å². The van der Waals surface area contributed by atoms with E-state index < -0.39 is 12.1 Å². The van der Waals surface area contributed by atoms with Crippen LogP contribution >= 0.6 is 0 Å². The van der Waals surface area contributed by atoms with Gasteiger partial charge in [0.2, 0.25) is 5.91 Å². The third-order valence-corrected chi connectivity index (χ3v) is 11.6. The summed E-state index contributed by atoms with van der Waals surface area (Å²) in [6.07, 6.45) is 87.4. The summed E-state index contributed by atoms with van der Waals surface area (Å²) < 4.78 is 0. The lowest BCUT2D eigenvalue weighted by Gasteiger charge is -2.19. The van der Waals surface area contributed by atoms with Crippen LogP contribution in [-0.2, 0) is 4.79 Å². The van der Waals surface area contributed by atoms with Crippen LogP contribution in [0.2, 0.25) is 0 Å². The van der Waals surface area contributed by atoms with Gasteiger partial charge in [0.15, 0.2) is 0 Å². The molecule has 66 heavy (non-hydrogen) atoms. The average molecular weight is 911 g/mol. The Morgan fingerprint density at radius 3 is 1.06 bits per heavy atom. The van der Waals surface area contributed by atoms with Crippen molar-refractivity contribution < 1.29 is 15.0 Å². The highest BCUT2D eigenvalue weighted by molar-refractivity contribution is 5.76. The minimum absolute atomic E-state index is 0.0881. The van der Waals surface area contributed by atoms with Gasteiger partial charge in [-0.25, -0.2) is 0 Å². The standard InChI is InChI=1S/C62H103NO3/c1-3-5-7-9-11-13-15-17-19-21-23-24-25-26-27-28-29-30-31-32-33-34-35-36-37-38-40-42-44-46-48-50-52-54-56-58-62(66)63-60(59-64)61(65)57-55-53-51-49-47-45-43-41-39-22-20-18-16-14-12-10-8-6-4-2/h5,7,11,13,17,19,23-24,26-27,29-30,32-33,35-36,39,41,47,49,55,57,60-61,64-65H,3-4,6,8-10,12,14-16,18,20-22,25,28,31,34,37-38,40,42-46,48,50-54,56,58-59H2,1-2H3,(H,63,66)/b7-5-,13-11-,19-17-,24-23-,27-26-,30-29-,33-32-,36-35-,41-39+,49-47+,57-55+. The Bertz CT molecular complexity index is 1350. The number of rotatable bonds is 48. The van der Waals surface area contributed by atoms with Crippen LogP contribution in [0.4, 0.5) is 0 Å². The van der Waals surface area contributed by atoms with E-state index >= 15 is 0 Å². The summed E-state index contributed by atoms with van der Waals surface area (Å²) in [5.74, 6) is -0.0881. The number of aliphatic hydroxyl groups excluding tert-OH is 2. The summed E-state index contributed by atoms with van der Waals surface area (Å²) in [5, 5.41) is 23.1. The first kappa shape index (κ1) is 62.5. The van der Waals surface area contributed by atoms with Crippen LogP contribution in [0, 0.1) is 0 Å². The molecule has 0 aromatic rings. The third kappa shape index (κ3) is 51.5. The molecule has 4 heteroatoms. The van der Waals surface area contributed by atoms with Crippen LogP contribution in [0.3, 0.4) is 0 Å². The average Bonchev–Trinajstić information content (AvgIpc) is 3.32. The number of carbonyl (C=O) groups is 1. The fourth-order valence-electron chi connectivity index (χ4n) is 7.46. The lowest BCUT2D eigenvalue weighted by atomic mass is 10.0. The van der Waals surface area contributed by atoms with Crippen LogP contribution in [0.1, 0.15) is 232 Å². The zero-order valence-corrected chi connectivity index (χ0v) is 42.9. The zero-order valence-electron chi connectivity index (χ0n) is 42.9. The first-order valence-corrected chi connectivity index (χ1v) is 27.4. The molecule has 2 unspecified atom stereocenters. The maximum Gasteiger partial charge on any atom is 0.220 e. The van der Waals surface area contributed by atoms with Crippen molar-refractivity contribution in [1.29, 1.82) is 0 Å². The van der Waals surface area contributed by atoms with Crippen molar-refractivity contribution in [2.75, 3.05) is 6.61 Å². The molecule has 0 aliphatic heterocycles. The summed E-state index contributed by atoms with van der Waals surface area (Å²) in [6, 6.07) is -0.657. The third-order valence-electron chi connectivity index (χ3n) is 11.6. The van der Waals surface area contributed by atoms with Gasteiger partial charge < -0.3 is 15.5 Å². The molecule has 0 fully saturated rings. The number of aliphatic hydroxyl groups is 2. The Labute approximate surface area is 409 Å². The Balaban J connectivity index is 3.65. The van der Waals surface area contributed by atoms with Crippen LogP contribution in [0.5, 0.6) is 0 Å². The summed E-state index contributed by atoms with van der Waals surface area (Å²) in [6.45, 7) is 4.17. The van der Waals surface area contributed by atoms with Crippen molar-refractivity contribution in [3.05, 3.63) is 134 Å². The van der Waals surface area contributed by atoms with Gasteiger partial charge in [0.05, 0.1) is 18.8 Å². The molecular weight excluding hydrogens is 807 g/mol. The number of allylic oxidation sites excluding steroid dienone is 21. The summed E-state index contributed by atoms with van der Waals surface area (Å²) in [7, 11) is 0. The van der Waals surface area contributed by atoms with Gasteiger partial charge in [0.1, 0.15) is 0 Å². The van der Waals surface area contributed by atoms with E-state index in [0.717, 1.165) is 96.3 Å². The van der Waals surface area contributed by atoms with Crippen LogP contribution in [0.25, 0.3) is 0 Å². The van der Waals surface area contributed by atoms with Crippen molar-refractivity contribution in [1.82, 2.24) is 5.32 Å². The normalized spacial score (nSPS) is 13.9. The summed E-state index contributed by atoms with van der Waals surface area (Å²) in [4.78, 5) is 12.5. The lowest BCUT2D eigenvalue weighted by molar-refractivity contribution is -0.123. The molecular formula is C62H103NO3. The van der Waals surface area contributed by atoms with Gasteiger partial charge in [-0.05, 0) is 109 Å². The molecule has 1 amide bonds. The molecule has 0 radical (unpaired) electrons. The van der Waals surface area contributed by atoms with E-state index in [9.17, 15) is 15.0 Å². The number of unbranched alkanes of at least 4 members (excludes halogenated alkanes) is 21. The maximum absolute atomic E-state index is 12.5. The van der Waals surface area contributed by atoms with E-state index in [-0.39, 0.29) is 12.5 Å². The number of hydrogen-bond donors (Lipinski definition) is 3. The van der Waals surface area contributed by atoms with Crippen molar-refractivity contribution in [3.63, 3.8) is 0 Å². The fraction of sp³-hybridized carbons (Fsp3) is 0.629. The molecule has 0 rings (SSSR count). The molecule has 0 saturated heterocycles. The van der Waals surface area contributed by atoms with E-state index in [4.69, 9.17) is 0 Å². The van der Waals surface area contributed by atoms with E-state index in [1.165, 1.54) is 116 Å². The van der Waals surface area contributed by atoms with Gasteiger partial charge in [0.25, 0.3) is 0 Å². The Kier molecular flexibility index (Phi) is 52.9. The second-order valence-electron chi connectivity index (χ2n) is 17.9. The molecule has 2 atom stereocenters. The van der Waals surface area contributed by atoms with E-state index in [2.05, 4.69) is 141 Å². The zero-order chi connectivity index (χ0) is 47.7. The number of carbonyl (C=O) groups excluding carboxylic acids is 1. The fourth-order valence-corrected chi connectivity index (χ4v) is 7.46. The Hall–Kier alpha value is -3.47. The highest BCUT2D eigenvalue weighted by Crippen LogP contribution is 2.14. The maximum atomic E-state index is 12.5. The van der Waals surface area contributed by atoms with Gasteiger partial charge in [0, 0.05) is 6.42 Å². The predicted molar refractivity (Wildman–Crippen MR) is 294 cm³/mol. The van der Waals surface area contributed by atoms with Crippen molar-refractivity contribution in [2.24, 2.45) is 0 Å². The van der Waals surface area contributed by atoms with Crippen LogP contribution in [0.15, 0.2) is 134 Å². The molecule has 0 saturated carbocycles. The van der Waals surface area contributed by atoms with E-state index in [1.807, 2.05) is 6.08 Å². The Morgan fingerprint density at radius 1 is 0.379 bits per heavy atom. The molecule has 3 N–H and O–H groups in total. The molecule has 0 spiro atoms. The number of nitrogens with one attached hydrogen (secondary N) is 1. The van der Waals surface area contributed by atoms with Gasteiger partial charge in [-0.1, -0.05) is 250 Å². The second-order valence-corrected chi connectivity index (χ2v) is 17.9. The molecule has 0 aromatic heterocycles. The summed E-state index contributed by atoms with van der Waals surface area (Å²) in [5.41, 5.74) is 0. The van der Waals surface area contributed by atoms with Crippen LogP contribution in [-0.4, -0.2) is 34.9 Å². The molecule has 0 heterocycles. The number of hydrogen-bond acceptors (Lipinski definition) is 3. The quantitative estimate of drug-likeness (QED) is 0.0421. The smallest absolute Gasteiger partial charge is 0.220 e. The van der Waals surface area contributed by atoms with Gasteiger partial charge in [-0.15, -0.1) is 0 Å². The van der Waals surface area contributed by atoms with Crippen molar-refractivity contribution in [3.8, 4) is 0 Å². The van der Waals surface area contributed by atoms with Crippen molar-refractivity contribution in [2.45, 2.75) is 244 Å². The largest absolute Gasteiger partial charge is 0.394 e. The molecule has 0 aliphatic carbocycles. The van der Waals surface area contributed by atoms with E-state index in [1.54, 1.807) is 6.08 Å². The molecule has 374 valence electrons. The first-order chi connectivity index (χ1) is 32.7. The minimum Gasteiger partial charge on any atom is -0.394 e. The second kappa shape index (κ2) is 55.9. The van der Waals surface area contributed by atoms with Gasteiger partial charge in [-0.2, -0.15) is 0 Å². The molecule has 0 aliphatic rings.